The first-order valence-electron chi connectivity index (χ1n) is 4.04. The number of rotatable bonds is 2. The van der Waals surface area contributed by atoms with E-state index < -0.39 is 30.3 Å². The van der Waals surface area contributed by atoms with Gasteiger partial charge in [-0.1, -0.05) is 6.07 Å². The fraction of sp³-hybridized carbons (Fsp3) is 0.333. The molecule has 92 valence electrons. The Labute approximate surface area is 94.8 Å². The molecule has 0 aromatic heterocycles. The minimum atomic E-state index is -4.75. The summed E-state index contributed by atoms with van der Waals surface area (Å²) in [5.41, 5.74) is 3.82. The summed E-state index contributed by atoms with van der Waals surface area (Å²) < 4.78 is 61.4. The predicted molar refractivity (Wildman–Crippen MR) is 51.6 cm³/mol. The summed E-state index contributed by atoms with van der Waals surface area (Å²) >= 11 is 0. The van der Waals surface area contributed by atoms with Crippen LogP contribution in [0.25, 0.3) is 0 Å². The quantitative estimate of drug-likeness (QED) is 0.813. The highest BCUT2D eigenvalue weighted by Gasteiger charge is 2.34. The number of alkyl halides is 4. The fourth-order valence-corrected chi connectivity index (χ4v) is 1.08. The third-order valence-corrected chi connectivity index (χ3v) is 1.89. The molecule has 1 aromatic carbocycles. The van der Waals surface area contributed by atoms with Gasteiger partial charge in [-0.3, -0.25) is 0 Å². The van der Waals surface area contributed by atoms with Gasteiger partial charge < -0.3 is 5.73 Å². The smallest absolute Gasteiger partial charge is 0.322 e. The van der Waals surface area contributed by atoms with Gasteiger partial charge in [-0.05, 0) is 17.7 Å². The van der Waals surface area contributed by atoms with Crippen LogP contribution in [-0.4, -0.2) is 6.67 Å². The van der Waals surface area contributed by atoms with Gasteiger partial charge in [0, 0.05) is 0 Å². The number of hydrogen-bond donors (Lipinski definition) is 1. The van der Waals surface area contributed by atoms with Crippen LogP contribution in [0.5, 0.6) is 0 Å². The summed E-state index contributed by atoms with van der Waals surface area (Å²) in [6, 6.07) is 1.03. The molecule has 0 fully saturated rings. The van der Waals surface area contributed by atoms with Gasteiger partial charge in [-0.15, -0.1) is 12.4 Å². The SMILES string of the molecule is Cl.N[C@@H](CF)c1ccc(C(F)(F)F)c(F)c1. The highest BCUT2D eigenvalue weighted by molar-refractivity contribution is 5.85. The Kier molecular flexibility index (Phi) is 5.15. The van der Waals surface area contributed by atoms with Crippen molar-refractivity contribution in [1.82, 2.24) is 0 Å². The van der Waals surface area contributed by atoms with Gasteiger partial charge in [0.2, 0.25) is 0 Å². The lowest BCUT2D eigenvalue weighted by Gasteiger charge is -2.11. The topological polar surface area (TPSA) is 26.0 Å². The third-order valence-electron chi connectivity index (χ3n) is 1.89. The van der Waals surface area contributed by atoms with E-state index in [4.69, 9.17) is 5.73 Å². The molecule has 0 radical (unpaired) electrons. The van der Waals surface area contributed by atoms with Gasteiger partial charge in [-0.25, -0.2) is 8.78 Å². The molecule has 0 saturated carbocycles. The van der Waals surface area contributed by atoms with Crippen molar-refractivity contribution in [3.8, 4) is 0 Å². The second kappa shape index (κ2) is 5.45. The fourth-order valence-electron chi connectivity index (χ4n) is 1.08. The van der Waals surface area contributed by atoms with E-state index in [1.54, 1.807) is 0 Å². The van der Waals surface area contributed by atoms with Crippen LogP contribution >= 0.6 is 12.4 Å². The van der Waals surface area contributed by atoms with Crippen molar-refractivity contribution >= 4 is 12.4 Å². The molecule has 7 heteroatoms. The molecule has 1 nitrogen and oxygen atoms in total. The Bertz CT molecular complexity index is 352. The second-order valence-corrected chi connectivity index (χ2v) is 3.00. The predicted octanol–water partition coefficient (Wildman–Crippen LogP) is 3.24. The van der Waals surface area contributed by atoms with E-state index in [-0.39, 0.29) is 18.0 Å². The van der Waals surface area contributed by atoms with Crippen LogP contribution in [0.15, 0.2) is 18.2 Å². The molecular weight excluding hydrogens is 253 g/mol. The highest BCUT2D eigenvalue weighted by Crippen LogP contribution is 2.32. The Balaban J connectivity index is 0.00000225. The number of nitrogens with two attached hydrogens (primary N) is 1. The van der Waals surface area contributed by atoms with Gasteiger partial charge >= 0.3 is 6.18 Å². The zero-order valence-electron chi connectivity index (χ0n) is 7.89. The number of halogens is 6. The minimum Gasteiger partial charge on any atom is -0.322 e. The Morgan fingerprint density at radius 3 is 2.19 bits per heavy atom. The van der Waals surface area contributed by atoms with E-state index in [1.165, 1.54) is 0 Å². The van der Waals surface area contributed by atoms with Crippen LogP contribution in [0.2, 0.25) is 0 Å². The summed E-state index contributed by atoms with van der Waals surface area (Å²) in [6.45, 7) is -0.954. The zero-order chi connectivity index (χ0) is 11.6. The lowest BCUT2D eigenvalue weighted by molar-refractivity contribution is -0.140. The monoisotopic (exact) mass is 261 g/mol. The highest BCUT2D eigenvalue weighted by atomic mass is 35.5. The maximum absolute atomic E-state index is 12.9. The molecule has 0 spiro atoms. The van der Waals surface area contributed by atoms with Gasteiger partial charge in [0.25, 0.3) is 0 Å². The molecule has 0 heterocycles. The minimum absolute atomic E-state index is 0. The van der Waals surface area contributed by atoms with Crippen molar-refractivity contribution in [2.24, 2.45) is 5.73 Å². The van der Waals surface area contributed by atoms with Crippen LogP contribution in [0.1, 0.15) is 17.2 Å². The lowest BCUT2D eigenvalue weighted by atomic mass is 10.1. The van der Waals surface area contributed by atoms with Gasteiger partial charge in [0.1, 0.15) is 12.5 Å². The summed E-state index contributed by atoms with van der Waals surface area (Å²) in [5.74, 6) is -1.44. The van der Waals surface area contributed by atoms with Gasteiger partial charge in [0.05, 0.1) is 11.6 Å². The first-order valence-corrected chi connectivity index (χ1v) is 4.04. The van der Waals surface area contributed by atoms with Crippen molar-refractivity contribution in [2.45, 2.75) is 12.2 Å². The van der Waals surface area contributed by atoms with Crippen molar-refractivity contribution < 1.29 is 22.0 Å². The van der Waals surface area contributed by atoms with Crippen LogP contribution in [-0.2, 0) is 6.18 Å². The molecule has 0 aliphatic carbocycles. The molecular formula is C9H9ClF5N. The standard InChI is InChI=1S/C9H8F5N.ClH/c10-4-8(15)5-1-2-6(7(11)3-5)9(12,13)14;/h1-3,8H,4,15H2;1H/t8-;/m0./s1. The largest absolute Gasteiger partial charge is 0.419 e. The van der Waals surface area contributed by atoms with Gasteiger partial charge in [0.15, 0.2) is 0 Å². The maximum Gasteiger partial charge on any atom is 0.419 e. The molecule has 0 bridgehead atoms. The second-order valence-electron chi connectivity index (χ2n) is 3.00. The normalized spacial score (nSPS) is 13.1. The molecule has 0 aliphatic heterocycles. The molecule has 1 aromatic rings. The Hall–Kier alpha value is -0.880. The summed E-state index contributed by atoms with van der Waals surface area (Å²) in [7, 11) is 0. The van der Waals surface area contributed by atoms with E-state index >= 15 is 0 Å². The molecule has 2 N–H and O–H groups in total. The van der Waals surface area contributed by atoms with Crippen LogP contribution < -0.4 is 5.73 Å². The zero-order valence-corrected chi connectivity index (χ0v) is 8.71. The third kappa shape index (κ3) is 3.31. The first-order chi connectivity index (χ1) is 6.86. The lowest BCUT2D eigenvalue weighted by Crippen LogP contribution is -2.14. The van der Waals surface area contributed by atoms with Crippen molar-refractivity contribution in [1.29, 1.82) is 0 Å². The van der Waals surface area contributed by atoms with Crippen molar-refractivity contribution in [2.75, 3.05) is 6.67 Å². The van der Waals surface area contributed by atoms with Gasteiger partial charge in [-0.2, -0.15) is 13.2 Å². The van der Waals surface area contributed by atoms with Crippen LogP contribution in [0.4, 0.5) is 22.0 Å². The molecule has 0 unspecified atom stereocenters. The number of benzene rings is 1. The first kappa shape index (κ1) is 15.1. The average molecular weight is 262 g/mol. The number of hydrogen-bond acceptors (Lipinski definition) is 1. The van der Waals surface area contributed by atoms with E-state index in [2.05, 4.69) is 0 Å². The Morgan fingerprint density at radius 1 is 1.25 bits per heavy atom. The van der Waals surface area contributed by atoms with E-state index in [0.29, 0.717) is 12.1 Å². The summed E-state index contributed by atoms with van der Waals surface area (Å²) in [5, 5.41) is 0. The van der Waals surface area contributed by atoms with Crippen LogP contribution in [0.3, 0.4) is 0 Å². The van der Waals surface area contributed by atoms with E-state index in [0.717, 1.165) is 6.07 Å². The summed E-state index contributed by atoms with van der Waals surface area (Å²) in [4.78, 5) is 0. The molecule has 0 amide bonds. The molecule has 0 saturated heterocycles. The molecule has 0 aliphatic rings. The average Bonchev–Trinajstić information content (AvgIpc) is 2.14. The van der Waals surface area contributed by atoms with Crippen molar-refractivity contribution in [3.05, 3.63) is 35.1 Å². The Morgan fingerprint density at radius 2 is 1.81 bits per heavy atom. The van der Waals surface area contributed by atoms with E-state index in [1.807, 2.05) is 0 Å². The van der Waals surface area contributed by atoms with Crippen LogP contribution in [0, 0.1) is 5.82 Å². The van der Waals surface area contributed by atoms with E-state index in [9.17, 15) is 22.0 Å². The molecule has 16 heavy (non-hydrogen) atoms. The summed E-state index contributed by atoms with van der Waals surface area (Å²) in [6.07, 6.45) is -4.75. The maximum atomic E-state index is 12.9. The molecule has 1 atom stereocenters. The molecule has 1 rings (SSSR count). The van der Waals surface area contributed by atoms with Crippen molar-refractivity contribution in [3.63, 3.8) is 0 Å².